The van der Waals surface area contributed by atoms with Crippen LogP contribution in [0.4, 0.5) is 11.4 Å². The molecule has 0 unspecified atom stereocenters. The fourth-order valence-electron chi connectivity index (χ4n) is 3.53. The minimum atomic E-state index is -0.809. The highest BCUT2D eigenvalue weighted by Gasteiger charge is 2.34. The minimum absolute atomic E-state index is 0.325. The van der Waals surface area contributed by atoms with Gasteiger partial charge in [-0.05, 0) is 37.3 Å². The van der Waals surface area contributed by atoms with Crippen molar-refractivity contribution in [1.29, 1.82) is 0 Å². The van der Waals surface area contributed by atoms with Gasteiger partial charge in [-0.25, -0.2) is 0 Å². The van der Waals surface area contributed by atoms with Gasteiger partial charge in [-0.1, -0.05) is 42.5 Å². The van der Waals surface area contributed by atoms with E-state index < -0.39 is 6.17 Å². The number of rotatable bonds is 3. The standard InChI is InChI=1S/C22H16N4O2/c1-14-23-22(27)21(26(14)15-8-3-2-4-9-15)25-24-17-11-7-13-19-20(17)16-10-5-6-12-18(16)28-19/h2-13,21H,1H3/t21-/m1/s1. The summed E-state index contributed by atoms with van der Waals surface area (Å²) in [6.45, 7) is 1.80. The first-order valence-electron chi connectivity index (χ1n) is 8.97. The first-order valence-corrected chi connectivity index (χ1v) is 8.97. The van der Waals surface area contributed by atoms with Crippen molar-refractivity contribution in [3.63, 3.8) is 0 Å². The third-order valence-corrected chi connectivity index (χ3v) is 4.78. The van der Waals surface area contributed by atoms with E-state index in [1.54, 1.807) is 11.8 Å². The van der Waals surface area contributed by atoms with Crippen molar-refractivity contribution in [1.82, 2.24) is 0 Å². The van der Waals surface area contributed by atoms with E-state index in [2.05, 4.69) is 15.2 Å². The predicted octanol–water partition coefficient (Wildman–Crippen LogP) is 5.46. The molecule has 0 fully saturated rings. The molecule has 5 rings (SSSR count). The van der Waals surface area contributed by atoms with E-state index in [1.807, 2.05) is 72.8 Å². The second-order valence-corrected chi connectivity index (χ2v) is 6.54. The predicted molar refractivity (Wildman–Crippen MR) is 109 cm³/mol. The summed E-state index contributed by atoms with van der Waals surface area (Å²) in [5, 5.41) is 10.6. The van der Waals surface area contributed by atoms with Crippen LogP contribution in [0.3, 0.4) is 0 Å². The Morgan fingerprint density at radius 2 is 1.68 bits per heavy atom. The number of hydrogen-bond donors (Lipinski definition) is 0. The maximum Gasteiger partial charge on any atom is 0.295 e. The van der Waals surface area contributed by atoms with Crippen molar-refractivity contribution in [3.8, 4) is 0 Å². The largest absolute Gasteiger partial charge is 0.456 e. The number of aliphatic imine (C=N–C) groups is 1. The molecule has 6 nitrogen and oxygen atoms in total. The van der Waals surface area contributed by atoms with Gasteiger partial charge in [0.1, 0.15) is 17.0 Å². The number of anilines is 1. The van der Waals surface area contributed by atoms with Crippen LogP contribution in [-0.2, 0) is 4.79 Å². The number of nitrogens with zero attached hydrogens (tertiary/aromatic N) is 4. The van der Waals surface area contributed by atoms with Gasteiger partial charge in [0.05, 0.1) is 11.1 Å². The second kappa shape index (κ2) is 6.42. The van der Waals surface area contributed by atoms with E-state index in [-0.39, 0.29) is 5.91 Å². The summed E-state index contributed by atoms with van der Waals surface area (Å²) in [4.78, 5) is 18.3. The molecule has 0 bridgehead atoms. The average Bonchev–Trinajstić information content (AvgIpc) is 3.23. The van der Waals surface area contributed by atoms with Crippen LogP contribution in [0, 0.1) is 0 Å². The van der Waals surface area contributed by atoms with Gasteiger partial charge in [-0.2, -0.15) is 15.2 Å². The normalized spacial score (nSPS) is 17.2. The Morgan fingerprint density at radius 3 is 2.54 bits per heavy atom. The van der Waals surface area contributed by atoms with E-state index in [0.717, 1.165) is 27.6 Å². The average molecular weight is 368 g/mol. The molecule has 0 saturated heterocycles. The lowest BCUT2D eigenvalue weighted by atomic mass is 10.1. The second-order valence-electron chi connectivity index (χ2n) is 6.54. The number of benzene rings is 3. The number of carbonyl (C=O) groups excluding carboxylic acids is 1. The molecule has 136 valence electrons. The molecule has 2 heterocycles. The number of para-hydroxylation sites is 2. The van der Waals surface area contributed by atoms with Crippen LogP contribution in [0.15, 0.2) is 92.4 Å². The Bertz CT molecular complexity index is 1260. The summed E-state index contributed by atoms with van der Waals surface area (Å²) in [5.41, 5.74) is 3.04. The Hall–Kier alpha value is -3.80. The zero-order valence-corrected chi connectivity index (χ0v) is 15.1. The smallest absolute Gasteiger partial charge is 0.295 e. The topological polar surface area (TPSA) is 70.5 Å². The van der Waals surface area contributed by atoms with Gasteiger partial charge in [0.25, 0.3) is 5.91 Å². The number of hydrogen-bond acceptors (Lipinski definition) is 5. The van der Waals surface area contributed by atoms with Crippen LogP contribution in [0.2, 0.25) is 0 Å². The highest BCUT2D eigenvalue weighted by Crippen LogP contribution is 2.36. The Kier molecular flexibility index (Phi) is 3.76. The lowest BCUT2D eigenvalue weighted by Crippen LogP contribution is -2.35. The third-order valence-electron chi connectivity index (χ3n) is 4.78. The van der Waals surface area contributed by atoms with Crippen molar-refractivity contribution < 1.29 is 9.21 Å². The van der Waals surface area contributed by atoms with Crippen LogP contribution in [0.1, 0.15) is 6.92 Å². The fraction of sp³-hybridized carbons (Fsp3) is 0.0909. The molecule has 1 aromatic heterocycles. The van der Waals surface area contributed by atoms with Crippen molar-refractivity contribution in [2.24, 2.45) is 15.2 Å². The lowest BCUT2D eigenvalue weighted by Gasteiger charge is -2.21. The summed E-state index contributed by atoms with van der Waals surface area (Å²) in [6.07, 6.45) is -0.809. The van der Waals surface area contributed by atoms with Crippen LogP contribution in [0.5, 0.6) is 0 Å². The Morgan fingerprint density at radius 1 is 0.929 bits per heavy atom. The maximum atomic E-state index is 12.4. The van der Waals surface area contributed by atoms with E-state index in [0.29, 0.717) is 11.5 Å². The number of amidine groups is 1. The van der Waals surface area contributed by atoms with Crippen LogP contribution < -0.4 is 4.90 Å². The monoisotopic (exact) mass is 368 g/mol. The quantitative estimate of drug-likeness (QED) is 0.451. The molecule has 4 aromatic rings. The molecule has 0 aliphatic carbocycles. The highest BCUT2D eigenvalue weighted by molar-refractivity contribution is 6.13. The van der Waals surface area contributed by atoms with Gasteiger partial charge in [0.15, 0.2) is 0 Å². The van der Waals surface area contributed by atoms with Gasteiger partial charge in [0, 0.05) is 11.1 Å². The molecular weight excluding hydrogens is 352 g/mol. The van der Waals surface area contributed by atoms with Crippen molar-refractivity contribution in [3.05, 3.63) is 72.8 Å². The van der Waals surface area contributed by atoms with Gasteiger partial charge < -0.3 is 4.42 Å². The molecule has 6 heteroatoms. The molecule has 1 amide bonds. The molecule has 1 atom stereocenters. The minimum Gasteiger partial charge on any atom is -0.456 e. The number of amides is 1. The molecule has 3 aromatic carbocycles. The number of fused-ring (bicyclic) bond motifs is 3. The van der Waals surface area contributed by atoms with Gasteiger partial charge in [-0.3, -0.25) is 9.69 Å². The van der Waals surface area contributed by atoms with Crippen molar-refractivity contribution in [2.45, 2.75) is 13.1 Å². The third kappa shape index (κ3) is 2.58. The van der Waals surface area contributed by atoms with E-state index in [4.69, 9.17) is 4.42 Å². The molecule has 0 radical (unpaired) electrons. The van der Waals surface area contributed by atoms with Crippen molar-refractivity contribution >= 4 is 45.1 Å². The Labute approximate surface area is 160 Å². The summed E-state index contributed by atoms with van der Waals surface area (Å²) in [5.74, 6) is 0.279. The summed E-state index contributed by atoms with van der Waals surface area (Å²) < 4.78 is 5.89. The molecular formula is C22H16N4O2. The van der Waals surface area contributed by atoms with E-state index >= 15 is 0 Å². The molecule has 0 N–H and O–H groups in total. The number of furan rings is 1. The molecule has 0 saturated carbocycles. The van der Waals surface area contributed by atoms with E-state index in [9.17, 15) is 4.79 Å². The first kappa shape index (κ1) is 16.4. The first-order chi connectivity index (χ1) is 13.7. The highest BCUT2D eigenvalue weighted by atomic mass is 16.3. The number of azo groups is 1. The molecule has 1 aliphatic heterocycles. The Balaban J connectivity index is 1.58. The molecule has 28 heavy (non-hydrogen) atoms. The van der Waals surface area contributed by atoms with Gasteiger partial charge >= 0.3 is 0 Å². The van der Waals surface area contributed by atoms with Gasteiger partial charge in [0.2, 0.25) is 6.17 Å². The number of carbonyl (C=O) groups is 1. The SMILES string of the molecule is CC1=NC(=O)[C@H](N=Nc2cccc3oc4ccccc4c23)N1c1ccccc1. The zero-order valence-electron chi connectivity index (χ0n) is 15.1. The van der Waals surface area contributed by atoms with Crippen LogP contribution in [-0.4, -0.2) is 17.9 Å². The maximum absolute atomic E-state index is 12.4. The van der Waals surface area contributed by atoms with Crippen LogP contribution in [0.25, 0.3) is 21.9 Å². The summed E-state index contributed by atoms with van der Waals surface area (Å²) in [6, 6.07) is 23.0. The zero-order chi connectivity index (χ0) is 19.1. The fourth-order valence-corrected chi connectivity index (χ4v) is 3.53. The molecule has 0 spiro atoms. The van der Waals surface area contributed by atoms with Crippen molar-refractivity contribution in [2.75, 3.05) is 4.90 Å². The summed E-state index contributed by atoms with van der Waals surface area (Å²) in [7, 11) is 0. The van der Waals surface area contributed by atoms with Crippen LogP contribution >= 0.6 is 0 Å². The van der Waals surface area contributed by atoms with Gasteiger partial charge in [-0.15, -0.1) is 0 Å². The molecule has 1 aliphatic rings. The van der Waals surface area contributed by atoms with E-state index in [1.165, 1.54) is 0 Å². The lowest BCUT2D eigenvalue weighted by molar-refractivity contribution is -0.118. The summed E-state index contributed by atoms with van der Waals surface area (Å²) >= 11 is 0.